The van der Waals surface area contributed by atoms with Gasteiger partial charge in [0.2, 0.25) is 0 Å². The number of hydrogen-bond donors (Lipinski definition) is 2. The monoisotopic (exact) mass is 265 g/mol. The van der Waals surface area contributed by atoms with Crippen molar-refractivity contribution in [2.45, 2.75) is 13.8 Å². The molecule has 3 N–H and O–H groups in total. The molecule has 0 aliphatic heterocycles. The minimum atomic E-state index is -1.00. The molecule has 0 fully saturated rings. The first-order chi connectivity index (χ1) is 8.41. The number of carboxylic acid groups (broad SMARTS) is 1. The summed E-state index contributed by atoms with van der Waals surface area (Å²) in [6, 6.07) is 4.99. The fraction of sp³-hybridized carbons (Fsp3) is 0.167. The van der Waals surface area contributed by atoms with Gasteiger partial charge in [0.1, 0.15) is 5.56 Å². The van der Waals surface area contributed by atoms with Crippen molar-refractivity contribution in [3.8, 4) is 5.69 Å². The van der Waals surface area contributed by atoms with Gasteiger partial charge in [-0.3, -0.25) is 0 Å². The molecule has 0 saturated carbocycles. The molecule has 0 bridgehead atoms. The molecule has 0 aliphatic carbocycles. The third-order valence-corrected chi connectivity index (χ3v) is 3.02. The van der Waals surface area contributed by atoms with Crippen LogP contribution in [-0.2, 0) is 0 Å². The minimum Gasteiger partial charge on any atom is -0.478 e. The van der Waals surface area contributed by atoms with Crippen molar-refractivity contribution >= 4 is 23.3 Å². The summed E-state index contributed by atoms with van der Waals surface area (Å²) in [7, 11) is 0. The fourth-order valence-electron chi connectivity index (χ4n) is 1.88. The maximum absolute atomic E-state index is 11.1. The van der Waals surface area contributed by atoms with Crippen LogP contribution in [0.25, 0.3) is 5.69 Å². The Bertz CT molecular complexity index is 634. The molecule has 6 heteroatoms. The van der Waals surface area contributed by atoms with E-state index >= 15 is 0 Å². The van der Waals surface area contributed by atoms with Crippen molar-refractivity contribution in [1.82, 2.24) is 9.78 Å². The van der Waals surface area contributed by atoms with Gasteiger partial charge in [-0.1, -0.05) is 11.6 Å². The van der Waals surface area contributed by atoms with E-state index in [0.717, 1.165) is 0 Å². The Hall–Kier alpha value is -2.01. The first-order valence-corrected chi connectivity index (χ1v) is 5.64. The largest absolute Gasteiger partial charge is 0.478 e. The standard InChI is InChI=1S/C12H12ClN3O2/c1-6-11(12(17)18)7(2)16(15-6)10-5-8(14)3-4-9(10)13/h3-5H,14H2,1-2H3,(H,17,18). The van der Waals surface area contributed by atoms with Crippen molar-refractivity contribution in [2.24, 2.45) is 0 Å². The van der Waals surface area contributed by atoms with Gasteiger partial charge in [-0.2, -0.15) is 5.10 Å². The van der Waals surface area contributed by atoms with Gasteiger partial charge in [0.05, 0.1) is 22.1 Å². The van der Waals surface area contributed by atoms with Crippen molar-refractivity contribution in [1.29, 1.82) is 0 Å². The van der Waals surface area contributed by atoms with E-state index in [4.69, 9.17) is 22.4 Å². The summed E-state index contributed by atoms with van der Waals surface area (Å²) >= 11 is 6.08. The average molecular weight is 266 g/mol. The van der Waals surface area contributed by atoms with Crippen LogP contribution in [0.15, 0.2) is 18.2 Å². The van der Waals surface area contributed by atoms with E-state index in [-0.39, 0.29) is 5.56 Å². The number of benzene rings is 1. The molecule has 0 aliphatic rings. The quantitative estimate of drug-likeness (QED) is 0.817. The molecule has 0 amide bonds. The lowest BCUT2D eigenvalue weighted by atomic mass is 10.2. The van der Waals surface area contributed by atoms with Gasteiger partial charge in [-0.15, -0.1) is 0 Å². The first-order valence-electron chi connectivity index (χ1n) is 5.26. The summed E-state index contributed by atoms with van der Waals surface area (Å²) in [5, 5.41) is 13.8. The predicted octanol–water partition coefficient (Wildman–Crippen LogP) is 2.42. The second-order valence-corrected chi connectivity index (χ2v) is 4.38. The van der Waals surface area contributed by atoms with Crippen LogP contribution in [-0.4, -0.2) is 20.9 Å². The van der Waals surface area contributed by atoms with Crippen LogP contribution >= 0.6 is 11.6 Å². The van der Waals surface area contributed by atoms with E-state index in [9.17, 15) is 4.79 Å². The molecule has 2 rings (SSSR count). The zero-order valence-corrected chi connectivity index (χ0v) is 10.7. The predicted molar refractivity (Wildman–Crippen MR) is 69.4 cm³/mol. The lowest BCUT2D eigenvalue weighted by molar-refractivity contribution is 0.0695. The molecule has 18 heavy (non-hydrogen) atoms. The number of anilines is 1. The molecule has 94 valence electrons. The van der Waals surface area contributed by atoms with Crippen molar-refractivity contribution in [3.63, 3.8) is 0 Å². The number of aromatic carboxylic acids is 1. The Morgan fingerprint density at radius 3 is 2.67 bits per heavy atom. The van der Waals surface area contributed by atoms with Crippen LogP contribution in [0, 0.1) is 13.8 Å². The highest BCUT2D eigenvalue weighted by Gasteiger charge is 2.19. The van der Waals surface area contributed by atoms with Gasteiger partial charge >= 0.3 is 5.97 Å². The second-order valence-electron chi connectivity index (χ2n) is 3.97. The zero-order chi connectivity index (χ0) is 13.4. The van der Waals surface area contributed by atoms with Gasteiger partial charge < -0.3 is 10.8 Å². The van der Waals surface area contributed by atoms with Crippen LogP contribution in [0.1, 0.15) is 21.7 Å². The summed E-state index contributed by atoms with van der Waals surface area (Å²) in [5.74, 6) is -1.00. The third-order valence-electron chi connectivity index (χ3n) is 2.70. The lowest BCUT2D eigenvalue weighted by Gasteiger charge is -2.07. The van der Waals surface area contributed by atoms with E-state index in [1.54, 1.807) is 32.0 Å². The van der Waals surface area contributed by atoms with Crippen LogP contribution in [0.3, 0.4) is 0 Å². The summed E-state index contributed by atoms with van der Waals surface area (Å²) in [4.78, 5) is 11.1. The molecule has 0 spiro atoms. The first kappa shape index (κ1) is 12.4. The molecule has 1 aromatic heterocycles. The molecule has 1 heterocycles. The van der Waals surface area contributed by atoms with E-state index in [1.807, 2.05) is 0 Å². The molecule has 2 aromatic rings. The molecule has 0 saturated heterocycles. The maximum Gasteiger partial charge on any atom is 0.339 e. The topological polar surface area (TPSA) is 81.1 Å². The Morgan fingerprint density at radius 1 is 1.44 bits per heavy atom. The van der Waals surface area contributed by atoms with Crippen molar-refractivity contribution < 1.29 is 9.90 Å². The molecular weight excluding hydrogens is 254 g/mol. The van der Waals surface area contributed by atoms with Crippen LogP contribution in [0.4, 0.5) is 5.69 Å². The van der Waals surface area contributed by atoms with Gasteiger partial charge in [0, 0.05) is 5.69 Å². The molecule has 5 nitrogen and oxygen atoms in total. The maximum atomic E-state index is 11.1. The highest BCUT2D eigenvalue weighted by Crippen LogP contribution is 2.25. The number of hydrogen-bond acceptors (Lipinski definition) is 3. The number of carboxylic acids is 1. The molecule has 0 radical (unpaired) electrons. The number of rotatable bonds is 2. The Labute approximate surface area is 109 Å². The number of aromatic nitrogens is 2. The highest BCUT2D eigenvalue weighted by atomic mass is 35.5. The van der Waals surface area contributed by atoms with Gasteiger partial charge in [0.25, 0.3) is 0 Å². The van der Waals surface area contributed by atoms with E-state index in [0.29, 0.717) is 27.8 Å². The van der Waals surface area contributed by atoms with E-state index in [1.165, 1.54) is 4.68 Å². The van der Waals surface area contributed by atoms with Gasteiger partial charge in [-0.25, -0.2) is 9.48 Å². The van der Waals surface area contributed by atoms with E-state index in [2.05, 4.69) is 5.10 Å². The van der Waals surface area contributed by atoms with Crippen molar-refractivity contribution in [3.05, 3.63) is 40.2 Å². The number of carbonyl (C=O) groups is 1. The third kappa shape index (κ3) is 1.93. The second kappa shape index (κ2) is 4.34. The summed E-state index contributed by atoms with van der Waals surface area (Å²) in [6.45, 7) is 3.33. The van der Waals surface area contributed by atoms with Crippen molar-refractivity contribution in [2.75, 3.05) is 5.73 Å². The Morgan fingerprint density at radius 2 is 2.11 bits per heavy atom. The van der Waals surface area contributed by atoms with Gasteiger partial charge in [-0.05, 0) is 32.0 Å². The Balaban J connectivity index is 2.69. The number of nitrogen functional groups attached to an aromatic ring is 1. The van der Waals surface area contributed by atoms with Crippen LogP contribution < -0.4 is 5.73 Å². The van der Waals surface area contributed by atoms with Crippen LogP contribution in [0.5, 0.6) is 0 Å². The average Bonchev–Trinajstić information content (AvgIpc) is 2.57. The summed E-state index contributed by atoms with van der Waals surface area (Å²) < 4.78 is 1.50. The normalized spacial score (nSPS) is 10.6. The van der Waals surface area contributed by atoms with E-state index < -0.39 is 5.97 Å². The smallest absolute Gasteiger partial charge is 0.339 e. The van der Waals surface area contributed by atoms with Gasteiger partial charge in [0.15, 0.2) is 0 Å². The SMILES string of the molecule is Cc1nn(-c2cc(N)ccc2Cl)c(C)c1C(=O)O. The molecular formula is C12H12ClN3O2. The van der Waals surface area contributed by atoms with Crippen LogP contribution in [0.2, 0.25) is 5.02 Å². The molecule has 1 aromatic carbocycles. The number of nitrogens with zero attached hydrogens (tertiary/aromatic N) is 2. The summed E-state index contributed by atoms with van der Waals surface area (Å²) in [6.07, 6.45) is 0. The number of aryl methyl sites for hydroxylation is 1. The molecule has 0 atom stereocenters. The lowest BCUT2D eigenvalue weighted by Crippen LogP contribution is -2.03. The fourth-order valence-corrected chi connectivity index (χ4v) is 2.08. The Kier molecular flexibility index (Phi) is 3.00. The highest BCUT2D eigenvalue weighted by molar-refractivity contribution is 6.32. The molecule has 0 unspecified atom stereocenters. The zero-order valence-electron chi connectivity index (χ0n) is 9.94. The number of nitrogens with two attached hydrogens (primary N) is 1. The summed E-state index contributed by atoms with van der Waals surface area (Å²) in [5.41, 5.74) is 7.97. The minimum absolute atomic E-state index is 0.188. The number of halogens is 1.